The van der Waals surface area contributed by atoms with Crippen molar-refractivity contribution in [1.82, 2.24) is 15.1 Å². The van der Waals surface area contributed by atoms with Crippen LogP contribution in [0.25, 0.3) is 0 Å². The maximum absolute atomic E-state index is 6.35. The van der Waals surface area contributed by atoms with E-state index in [9.17, 15) is 0 Å². The van der Waals surface area contributed by atoms with Crippen molar-refractivity contribution in [2.45, 2.75) is 33.2 Å². The van der Waals surface area contributed by atoms with Gasteiger partial charge in [-0.1, -0.05) is 18.5 Å². The maximum Gasteiger partial charge on any atom is 0.0847 e. The van der Waals surface area contributed by atoms with Crippen LogP contribution in [0.1, 0.15) is 35.5 Å². The van der Waals surface area contributed by atoms with Crippen molar-refractivity contribution in [3.8, 4) is 0 Å². The molecular weight excluding hydrogens is 278 g/mol. The molecule has 0 aliphatic rings. The maximum atomic E-state index is 6.35. The van der Waals surface area contributed by atoms with Gasteiger partial charge < -0.3 is 5.32 Å². The van der Waals surface area contributed by atoms with Gasteiger partial charge in [-0.25, -0.2) is 0 Å². The lowest BCUT2D eigenvalue weighted by Gasteiger charge is -2.18. The van der Waals surface area contributed by atoms with Gasteiger partial charge in [0.2, 0.25) is 0 Å². The van der Waals surface area contributed by atoms with Crippen LogP contribution in [0.4, 0.5) is 0 Å². The first-order chi connectivity index (χ1) is 9.04. The molecule has 1 N–H and O–H groups in total. The van der Waals surface area contributed by atoms with Crippen molar-refractivity contribution >= 4 is 22.9 Å². The predicted molar refractivity (Wildman–Crippen MR) is 82.1 cm³/mol. The topological polar surface area (TPSA) is 29.9 Å². The Morgan fingerprint density at radius 1 is 1.42 bits per heavy atom. The summed E-state index contributed by atoms with van der Waals surface area (Å²) in [5.41, 5.74) is 4.69. The first kappa shape index (κ1) is 14.6. The molecule has 104 valence electrons. The number of hydrogen-bond acceptors (Lipinski definition) is 3. The molecule has 0 aromatic carbocycles. The lowest BCUT2D eigenvalue weighted by Crippen LogP contribution is -2.24. The second-order valence-electron chi connectivity index (χ2n) is 4.79. The minimum absolute atomic E-state index is 0.295. The largest absolute Gasteiger partial charge is 0.310 e. The molecule has 2 rings (SSSR count). The second-order valence-corrected chi connectivity index (χ2v) is 5.92. The normalized spacial score (nSPS) is 12.9. The minimum Gasteiger partial charge on any atom is -0.310 e. The summed E-state index contributed by atoms with van der Waals surface area (Å²) in [5, 5.41) is 13.1. The molecule has 1 atom stereocenters. The van der Waals surface area contributed by atoms with Crippen LogP contribution in [0.15, 0.2) is 10.8 Å². The van der Waals surface area contributed by atoms with Gasteiger partial charge in [-0.3, -0.25) is 4.68 Å². The summed E-state index contributed by atoms with van der Waals surface area (Å²) in [4.78, 5) is 0. The Morgan fingerprint density at radius 2 is 2.16 bits per heavy atom. The Kier molecular flexibility index (Phi) is 4.66. The van der Waals surface area contributed by atoms with Gasteiger partial charge in [-0.05, 0) is 42.3 Å². The number of rotatable bonds is 5. The fourth-order valence-corrected chi connectivity index (χ4v) is 3.50. The van der Waals surface area contributed by atoms with Crippen molar-refractivity contribution in [3.63, 3.8) is 0 Å². The lowest BCUT2D eigenvalue weighted by molar-refractivity contribution is 0.528. The zero-order valence-electron chi connectivity index (χ0n) is 11.8. The van der Waals surface area contributed by atoms with Crippen LogP contribution in [0.5, 0.6) is 0 Å². The van der Waals surface area contributed by atoms with Gasteiger partial charge in [0, 0.05) is 19.5 Å². The molecule has 0 saturated carbocycles. The molecule has 0 spiro atoms. The molecule has 1 unspecified atom stereocenters. The first-order valence-electron chi connectivity index (χ1n) is 6.48. The molecule has 3 nitrogen and oxygen atoms in total. The standard InChI is InChI=1S/C14H20ClN3S/c1-5-16-12(11-8-19-7-9(11)2)6-13-14(15)10(3)17-18(13)4/h7-8,12,16H,5-6H2,1-4H3. The summed E-state index contributed by atoms with van der Waals surface area (Å²) in [7, 11) is 1.96. The zero-order chi connectivity index (χ0) is 14.0. The van der Waals surface area contributed by atoms with E-state index in [1.54, 1.807) is 11.3 Å². The fourth-order valence-electron chi connectivity index (χ4n) is 2.36. The van der Waals surface area contributed by atoms with E-state index in [1.165, 1.54) is 11.1 Å². The van der Waals surface area contributed by atoms with Gasteiger partial charge in [0.05, 0.1) is 16.4 Å². The van der Waals surface area contributed by atoms with Crippen LogP contribution < -0.4 is 5.32 Å². The van der Waals surface area contributed by atoms with E-state index in [1.807, 2.05) is 18.7 Å². The van der Waals surface area contributed by atoms with E-state index < -0.39 is 0 Å². The summed E-state index contributed by atoms with van der Waals surface area (Å²) in [5.74, 6) is 0. The van der Waals surface area contributed by atoms with Crippen molar-refractivity contribution < 1.29 is 0 Å². The smallest absolute Gasteiger partial charge is 0.0847 e. The number of aryl methyl sites for hydroxylation is 3. The molecule has 0 fully saturated rings. The van der Waals surface area contributed by atoms with Crippen LogP contribution in [-0.4, -0.2) is 16.3 Å². The van der Waals surface area contributed by atoms with Gasteiger partial charge in [0.15, 0.2) is 0 Å². The zero-order valence-corrected chi connectivity index (χ0v) is 13.4. The number of hydrogen-bond donors (Lipinski definition) is 1. The molecule has 5 heteroatoms. The van der Waals surface area contributed by atoms with Gasteiger partial charge in [-0.15, -0.1) is 0 Å². The Hall–Kier alpha value is -0.840. The highest BCUT2D eigenvalue weighted by Gasteiger charge is 2.19. The second kappa shape index (κ2) is 6.07. The molecule has 0 bridgehead atoms. The van der Waals surface area contributed by atoms with E-state index in [-0.39, 0.29) is 0 Å². The van der Waals surface area contributed by atoms with Gasteiger partial charge in [0.1, 0.15) is 0 Å². The van der Waals surface area contributed by atoms with Crippen LogP contribution >= 0.6 is 22.9 Å². The highest BCUT2D eigenvalue weighted by atomic mass is 35.5. The quantitative estimate of drug-likeness (QED) is 0.913. The minimum atomic E-state index is 0.295. The van der Waals surface area contributed by atoms with Gasteiger partial charge in [-0.2, -0.15) is 16.4 Å². The predicted octanol–water partition coefficient (Wildman–Crippen LogP) is 3.65. The third-order valence-electron chi connectivity index (χ3n) is 3.38. The average molecular weight is 298 g/mol. The summed E-state index contributed by atoms with van der Waals surface area (Å²) in [6.45, 7) is 7.18. The van der Waals surface area contributed by atoms with Gasteiger partial charge >= 0.3 is 0 Å². The van der Waals surface area contributed by atoms with Crippen molar-refractivity contribution in [2.24, 2.45) is 7.05 Å². The molecule has 0 saturated heterocycles. The number of thiophene rings is 1. The van der Waals surface area contributed by atoms with Crippen LogP contribution in [0.2, 0.25) is 5.02 Å². The van der Waals surface area contributed by atoms with E-state index in [2.05, 4.69) is 35.0 Å². The van der Waals surface area contributed by atoms with Gasteiger partial charge in [0.25, 0.3) is 0 Å². The lowest BCUT2D eigenvalue weighted by atomic mass is 10.0. The highest BCUT2D eigenvalue weighted by Crippen LogP contribution is 2.28. The van der Waals surface area contributed by atoms with E-state index >= 15 is 0 Å². The van der Waals surface area contributed by atoms with E-state index in [0.717, 1.165) is 29.4 Å². The van der Waals surface area contributed by atoms with E-state index in [4.69, 9.17) is 11.6 Å². The molecule has 2 heterocycles. The van der Waals surface area contributed by atoms with E-state index in [0.29, 0.717) is 6.04 Å². The third kappa shape index (κ3) is 3.02. The molecule has 19 heavy (non-hydrogen) atoms. The Labute approximate surface area is 123 Å². The average Bonchev–Trinajstić information content (AvgIpc) is 2.88. The monoisotopic (exact) mass is 297 g/mol. The summed E-state index contributed by atoms with van der Waals surface area (Å²) < 4.78 is 1.89. The Balaban J connectivity index is 2.29. The summed E-state index contributed by atoms with van der Waals surface area (Å²) >= 11 is 8.10. The van der Waals surface area contributed by atoms with Crippen molar-refractivity contribution in [2.75, 3.05) is 6.54 Å². The fraction of sp³-hybridized carbons (Fsp3) is 0.500. The summed E-state index contributed by atoms with van der Waals surface area (Å²) in [6.07, 6.45) is 0.863. The number of nitrogens with one attached hydrogen (secondary N) is 1. The van der Waals surface area contributed by atoms with Crippen molar-refractivity contribution in [3.05, 3.63) is 38.3 Å². The Bertz CT molecular complexity index is 559. The van der Waals surface area contributed by atoms with Crippen molar-refractivity contribution in [1.29, 1.82) is 0 Å². The first-order valence-corrected chi connectivity index (χ1v) is 7.80. The molecule has 2 aromatic rings. The number of nitrogens with zero attached hydrogens (tertiary/aromatic N) is 2. The molecule has 0 radical (unpaired) electrons. The highest BCUT2D eigenvalue weighted by molar-refractivity contribution is 7.08. The number of halogens is 1. The number of likely N-dealkylation sites (N-methyl/N-ethyl adjacent to an activating group) is 1. The molecule has 2 aromatic heterocycles. The third-order valence-corrected chi connectivity index (χ3v) is 4.75. The Morgan fingerprint density at radius 3 is 2.63 bits per heavy atom. The van der Waals surface area contributed by atoms with Crippen LogP contribution in [0.3, 0.4) is 0 Å². The van der Waals surface area contributed by atoms with Crippen LogP contribution in [-0.2, 0) is 13.5 Å². The molecule has 0 aliphatic heterocycles. The molecular formula is C14H20ClN3S. The van der Waals surface area contributed by atoms with Crippen LogP contribution in [0, 0.1) is 13.8 Å². The molecule has 0 aliphatic carbocycles. The molecule has 0 amide bonds. The summed E-state index contributed by atoms with van der Waals surface area (Å²) in [6, 6.07) is 0.295. The number of aromatic nitrogens is 2. The SMILES string of the molecule is CCNC(Cc1c(Cl)c(C)nn1C)c1cscc1C.